The number of pyridine rings is 1. The Kier molecular flexibility index (Phi) is 10.1. The maximum absolute atomic E-state index is 11.9. The van der Waals surface area contributed by atoms with Crippen molar-refractivity contribution in [1.82, 2.24) is 25.4 Å². The minimum absolute atomic E-state index is 0.124. The van der Waals surface area contributed by atoms with Crippen LogP contribution in [0.4, 0.5) is 0 Å². The second-order valence-corrected chi connectivity index (χ2v) is 13.2. The molecule has 4 aromatic carbocycles. The molecule has 7 rings (SSSR count). The monoisotopic (exact) mass is 714 g/mol. The molecule has 0 aliphatic carbocycles. The van der Waals surface area contributed by atoms with E-state index in [4.69, 9.17) is 33.0 Å². The van der Waals surface area contributed by atoms with Gasteiger partial charge < -0.3 is 15.4 Å². The van der Waals surface area contributed by atoms with Crippen LogP contribution in [0.3, 0.4) is 0 Å². The van der Waals surface area contributed by atoms with E-state index in [2.05, 4.69) is 46.0 Å². The number of carbonyl (C=O) groups is 2. The van der Waals surface area contributed by atoms with Crippen LogP contribution in [-0.4, -0.2) is 39.5 Å². The molecule has 1 amide bonds. The van der Waals surface area contributed by atoms with Crippen molar-refractivity contribution in [2.45, 2.75) is 38.6 Å². The third kappa shape index (κ3) is 7.49. The van der Waals surface area contributed by atoms with Crippen LogP contribution in [0.2, 0.25) is 10.0 Å². The molecule has 0 unspecified atom stereocenters. The lowest BCUT2D eigenvalue weighted by Crippen LogP contribution is -2.35. The molecule has 11 heteroatoms. The van der Waals surface area contributed by atoms with Crippen LogP contribution >= 0.6 is 23.2 Å². The van der Waals surface area contributed by atoms with E-state index in [1.807, 2.05) is 47.3 Å². The highest BCUT2D eigenvalue weighted by molar-refractivity contribution is 6.36. The molecule has 1 aliphatic rings. The van der Waals surface area contributed by atoms with E-state index in [1.165, 1.54) is 6.20 Å². The summed E-state index contributed by atoms with van der Waals surface area (Å²) in [5, 5.41) is 22.3. The lowest BCUT2D eigenvalue weighted by atomic mass is 9.96. The molecule has 0 radical (unpaired) electrons. The Labute approximate surface area is 304 Å². The van der Waals surface area contributed by atoms with Gasteiger partial charge in [-0.25, -0.2) is 0 Å². The topological polar surface area (TPSA) is 122 Å². The van der Waals surface area contributed by atoms with Crippen molar-refractivity contribution in [3.05, 3.63) is 135 Å². The molecule has 2 N–H and O–H groups in total. The second-order valence-electron chi connectivity index (χ2n) is 12.4. The number of rotatable bonds is 12. The van der Waals surface area contributed by atoms with Gasteiger partial charge in [-0.3, -0.25) is 19.3 Å². The van der Waals surface area contributed by atoms with Gasteiger partial charge in [0.05, 0.1) is 34.4 Å². The first kappa shape index (κ1) is 33.9. The van der Waals surface area contributed by atoms with E-state index in [9.17, 15) is 14.9 Å². The van der Waals surface area contributed by atoms with E-state index in [1.54, 1.807) is 24.4 Å². The highest BCUT2D eigenvalue weighted by Gasteiger charge is 2.20. The third-order valence-corrected chi connectivity index (χ3v) is 9.75. The zero-order valence-corrected chi connectivity index (χ0v) is 28.9. The van der Waals surface area contributed by atoms with Gasteiger partial charge in [-0.2, -0.15) is 10.4 Å². The summed E-state index contributed by atoms with van der Waals surface area (Å²) in [6.07, 6.45) is 7.09. The number of aromatic nitrogens is 3. The SMILES string of the molecule is N#Cc1cncc(COc2cc(Cn3ncc4c(-c5cccc(-c6ccc(CNC[C@@H]7CCC(=O)N7)cc6)c5Cl)cccc43)c(Cl)cc2C=O)c1. The average molecular weight is 716 g/mol. The van der Waals surface area contributed by atoms with Gasteiger partial charge in [0.2, 0.25) is 5.91 Å². The van der Waals surface area contributed by atoms with Gasteiger partial charge in [0.1, 0.15) is 18.4 Å². The number of aldehydes is 1. The molecule has 2 aromatic heterocycles. The number of nitriles is 1. The predicted molar refractivity (Wildman–Crippen MR) is 198 cm³/mol. The number of carbonyl (C=O) groups excluding carboxylic acids is 2. The quantitative estimate of drug-likeness (QED) is 0.124. The van der Waals surface area contributed by atoms with Crippen molar-refractivity contribution >= 4 is 46.3 Å². The van der Waals surface area contributed by atoms with E-state index in [-0.39, 0.29) is 18.6 Å². The normalized spacial score (nSPS) is 14.0. The van der Waals surface area contributed by atoms with Gasteiger partial charge in [-0.1, -0.05) is 77.8 Å². The number of amides is 1. The van der Waals surface area contributed by atoms with Crippen LogP contribution in [0.1, 0.15) is 45.5 Å². The molecule has 0 spiro atoms. The van der Waals surface area contributed by atoms with Crippen molar-refractivity contribution in [1.29, 1.82) is 5.26 Å². The van der Waals surface area contributed by atoms with Gasteiger partial charge in [0, 0.05) is 65.0 Å². The second kappa shape index (κ2) is 15.2. The minimum Gasteiger partial charge on any atom is -0.488 e. The fraction of sp³-hybridized carbons (Fsp3) is 0.175. The van der Waals surface area contributed by atoms with Gasteiger partial charge >= 0.3 is 0 Å². The number of fused-ring (bicyclic) bond motifs is 1. The Hall–Kier alpha value is -5.53. The van der Waals surface area contributed by atoms with Crippen molar-refractivity contribution in [2.75, 3.05) is 6.54 Å². The standard InChI is InChI=1S/C40H32Cl2N6O3/c41-36-14-30(23-49)38(51-24-27-13-26(16-43)18-44-19-27)15-29(36)22-48-37-6-2-4-33(35(37)21-46-48)34-5-1-3-32(40(34)42)28-9-7-25(8-10-28)17-45-20-31-11-12-39(50)47-31/h1-10,13-15,18-19,21,23,31,45H,11-12,17,20,22,24H2,(H,47,50)/t31-/m0/s1. The van der Waals surface area contributed by atoms with Crippen LogP contribution in [-0.2, 0) is 24.5 Å². The summed E-state index contributed by atoms with van der Waals surface area (Å²) in [6, 6.07) is 27.7. The Morgan fingerprint density at radius 1 is 0.980 bits per heavy atom. The van der Waals surface area contributed by atoms with Crippen LogP contribution in [0.15, 0.2) is 97.5 Å². The maximum Gasteiger partial charge on any atom is 0.220 e. The first-order chi connectivity index (χ1) is 24.9. The minimum atomic E-state index is 0.124. The van der Waals surface area contributed by atoms with Crippen LogP contribution < -0.4 is 15.4 Å². The number of nitrogens with one attached hydrogen (secondary N) is 2. The Morgan fingerprint density at radius 3 is 2.57 bits per heavy atom. The molecule has 1 atom stereocenters. The molecular weight excluding hydrogens is 683 g/mol. The number of hydrogen-bond acceptors (Lipinski definition) is 7. The van der Waals surface area contributed by atoms with Crippen LogP contribution in [0.25, 0.3) is 33.2 Å². The Balaban J connectivity index is 1.10. The molecule has 1 aliphatic heterocycles. The van der Waals surface area contributed by atoms with Crippen molar-refractivity contribution in [2.24, 2.45) is 0 Å². The molecule has 0 saturated carbocycles. The number of nitrogens with zero attached hydrogens (tertiary/aromatic N) is 4. The Morgan fingerprint density at radius 2 is 1.78 bits per heavy atom. The maximum atomic E-state index is 11.9. The van der Waals surface area contributed by atoms with Crippen molar-refractivity contribution in [3.63, 3.8) is 0 Å². The van der Waals surface area contributed by atoms with Crippen LogP contribution in [0, 0.1) is 11.3 Å². The fourth-order valence-corrected chi connectivity index (χ4v) is 6.92. The first-order valence-corrected chi connectivity index (χ1v) is 17.2. The van der Waals surface area contributed by atoms with Gasteiger partial charge in [-0.05, 0) is 52.9 Å². The zero-order chi connectivity index (χ0) is 35.3. The zero-order valence-electron chi connectivity index (χ0n) is 27.4. The average Bonchev–Trinajstić information content (AvgIpc) is 3.77. The molecule has 51 heavy (non-hydrogen) atoms. The number of hydrogen-bond donors (Lipinski definition) is 2. The Bertz CT molecular complexity index is 2300. The summed E-state index contributed by atoms with van der Waals surface area (Å²) in [6.45, 7) is 1.92. The largest absolute Gasteiger partial charge is 0.488 e. The van der Waals surface area contributed by atoms with Crippen molar-refractivity contribution < 1.29 is 14.3 Å². The highest BCUT2D eigenvalue weighted by atomic mass is 35.5. The summed E-state index contributed by atoms with van der Waals surface area (Å²) in [4.78, 5) is 27.4. The summed E-state index contributed by atoms with van der Waals surface area (Å²) in [5.74, 6) is 0.495. The molecule has 9 nitrogen and oxygen atoms in total. The summed E-state index contributed by atoms with van der Waals surface area (Å²) in [5.41, 5.74) is 7.98. The lowest BCUT2D eigenvalue weighted by molar-refractivity contribution is -0.119. The number of halogens is 2. The third-order valence-electron chi connectivity index (χ3n) is 8.99. The fourth-order valence-electron chi connectivity index (χ4n) is 6.35. The molecule has 0 bridgehead atoms. The molecule has 3 heterocycles. The molecule has 1 fully saturated rings. The summed E-state index contributed by atoms with van der Waals surface area (Å²) < 4.78 is 7.86. The number of ether oxygens (including phenoxy) is 1. The van der Waals surface area contributed by atoms with Gasteiger partial charge in [0.25, 0.3) is 0 Å². The number of benzene rings is 4. The van der Waals surface area contributed by atoms with E-state index >= 15 is 0 Å². The van der Waals surface area contributed by atoms with Crippen LogP contribution in [0.5, 0.6) is 5.75 Å². The highest BCUT2D eigenvalue weighted by Crippen LogP contribution is 2.39. The summed E-state index contributed by atoms with van der Waals surface area (Å²) in [7, 11) is 0. The van der Waals surface area contributed by atoms with Gasteiger partial charge in [-0.15, -0.1) is 0 Å². The molecular formula is C40H32Cl2N6O3. The predicted octanol–water partition coefficient (Wildman–Crippen LogP) is 7.75. The van der Waals surface area contributed by atoms with Crippen molar-refractivity contribution in [3.8, 4) is 34.1 Å². The van der Waals surface area contributed by atoms with E-state index in [0.29, 0.717) is 58.3 Å². The first-order valence-electron chi connectivity index (χ1n) is 16.5. The summed E-state index contributed by atoms with van der Waals surface area (Å²) >= 11 is 13.8. The molecule has 254 valence electrons. The van der Waals surface area contributed by atoms with E-state index < -0.39 is 0 Å². The molecule has 1 saturated heterocycles. The van der Waals surface area contributed by atoms with E-state index in [0.717, 1.165) is 57.2 Å². The molecule has 6 aromatic rings. The smallest absolute Gasteiger partial charge is 0.220 e. The van der Waals surface area contributed by atoms with Gasteiger partial charge in [0.15, 0.2) is 6.29 Å². The lowest BCUT2D eigenvalue weighted by Gasteiger charge is -2.14.